The number of aromatic nitrogens is 1. The van der Waals surface area contributed by atoms with Gasteiger partial charge in [-0.05, 0) is 50.5 Å². The molecule has 3 rings (SSSR count). The van der Waals surface area contributed by atoms with Crippen LogP contribution in [0.1, 0.15) is 33.6 Å². The standard InChI is InChI=1S/C22H29N3O2/c1-15-5-6-19(16(2)11-15)13-21(26)24-7-9-25(10-8-24)22(27)14-20-12-17(3)23-18(20)4/h5-6,11-12,23H,7-10,13-14H2,1-4H3. The van der Waals surface area contributed by atoms with Crippen molar-refractivity contribution in [1.82, 2.24) is 14.8 Å². The average Bonchev–Trinajstić information content (AvgIpc) is 2.94. The van der Waals surface area contributed by atoms with Crippen molar-refractivity contribution >= 4 is 11.8 Å². The molecule has 1 fully saturated rings. The third-order valence-corrected chi connectivity index (χ3v) is 5.42. The maximum absolute atomic E-state index is 12.6. The van der Waals surface area contributed by atoms with Crippen LogP contribution in [0.4, 0.5) is 0 Å². The van der Waals surface area contributed by atoms with Crippen LogP contribution >= 0.6 is 0 Å². The molecule has 27 heavy (non-hydrogen) atoms. The quantitative estimate of drug-likeness (QED) is 0.903. The van der Waals surface area contributed by atoms with Crippen LogP contribution in [0.2, 0.25) is 0 Å². The highest BCUT2D eigenvalue weighted by molar-refractivity contribution is 5.81. The lowest BCUT2D eigenvalue weighted by Crippen LogP contribution is -2.51. The van der Waals surface area contributed by atoms with Crippen LogP contribution in [0.5, 0.6) is 0 Å². The summed E-state index contributed by atoms with van der Waals surface area (Å²) in [7, 11) is 0. The number of carbonyl (C=O) groups is 2. The summed E-state index contributed by atoms with van der Waals surface area (Å²) >= 11 is 0. The minimum atomic E-state index is 0.138. The van der Waals surface area contributed by atoms with Gasteiger partial charge in [-0.1, -0.05) is 23.8 Å². The topological polar surface area (TPSA) is 56.4 Å². The van der Waals surface area contributed by atoms with Crippen molar-refractivity contribution in [2.45, 2.75) is 40.5 Å². The van der Waals surface area contributed by atoms with Gasteiger partial charge in [-0.15, -0.1) is 0 Å². The molecule has 0 saturated carbocycles. The zero-order valence-electron chi connectivity index (χ0n) is 16.8. The van der Waals surface area contributed by atoms with E-state index in [9.17, 15) is 9.59 Å². The highest BCUT2D eigenvalue weighted by Crippen LogP contribution is 2.15. The number of amides is 2. The van der Waals surface area contributed by atoms with Crippen LogP contribution in [0.15, 0.2) is 24.3 Å². The van der Waals surface area contributed by atoms with Crippen LogP contribution in [0, 0.1) is 27.7 Å². The first-order valence-electron chi connectivity index (χ1n) is 9.60. The third-order valence-electron chi connectivity index (χ3n) is 5.42. The van der Waals surface area contributed by atoms with Crippen molar-refractivity contribution in [3.8, 4) is 0 Å². The second-order valence-corrected chi connectivity index (χ2v) is 7.65. The molecular weight excluding hydrogens is 338 g/mol. The lowest BCUT2D eigenvalue weighted by Gasteiger charge is -2.35. The van der Waals surface area contributed by atoms with Crippen LogP contribution < -0.4 is 0 Å². The lowest BCUT2D eigenvalue weighted by atomic mass is 10.0. The predicted molar refractivity (Wildman–Crippen MR) is 107 cm³/mol. The summed E-state index contributed by atoms with van der Waals surface area (Å²) in [5, 5.41) is 0. The van der Waals surface area contributed by atoms with E-state index in [0.717, 1.165) is 28.1 Å². The first kappa shape index (κ1) is 19.2. The molecule has 1 saturated heterocycles. The molecular formula is C22H29N3O2. The Labute approximate surface area is 161 Å². The number of aromatic amines is 1. The number of hydrogen-bond acceptors (Lipinski definition) is 2. The number of hydrogen-bond donors (Lipinski definition) is 1. The summed E-state index contributed by atoms with van der Waals surface area (Å²) < 4.78 is 0. The Morgan fingerprint density at radius 1 is 0.852 bits per heavy atom. The molecule has 1 aliphatic heterocycles. The summed E-state index contributed by atoms with van der Waals surface area (Å²) in [5.41, 5.74) is 6.66. The van der Waals surface area contributed by atoms with Gasteiger partial charge < -0.3 is 14.8 Å². The second-order valence-electron chi connectivity index (χ2n) is 7.65. The molecule has 0 radical (unpaired) electrons. The fourth-order valence-corrected chi connectivity index (χ4v) is 3.76. The first-order valence-corrected chi connectivity index (χ1v) is 9.60. The summed E-state index contributed by atoms with van der Waals surface area (Å²) in [6.45, 7) is 10.6. The van der Waals surface area contributed by atoms with Crippen LogP contribution in [-0.4, -0.2) is 52.8 Å². The molecule has 0 unspecified atom stereocenters. The Hall–Kier alpha value is -2.56. The Morgan fingerprint density at radius 2 is 1.41 bits per heavy atom. The van der Waals surface area contributed by atoms with Gasteiger partial charge >= 0.3 is 0 Å². The van der Waals surface area contributed by atoms with E-state index in [4.69, 9.17) is 0 Å². The van der Waals surface area contributed by atoms with E-state index in [-0.39, 0.29) is 11.8 Å². The fraction of sp³-hybridized carbons (Fsp3) is 0.455. The predicted octanol–water partition coefficient (Wildman–Crippen LogP) is 2.70. The van der Waals surface area contributed by atoms with Gasteiger partial charge in [0.15, 0.2) is 0 Å². The number of carbonyl (C=O) groups excluding carboxylic acids is 2. The van der Waals surface area contributed by atoms with E-state index in [1.807, 2.05) is 35.8 Å². The molecule has 1 aromatic heterocycles. The molecule has 1 aromatic carbocycles. The zero-order valence-corrected chi connectivity index (χ0v) is 16.8. The van der Waals surface area contributed by atoms with Gasteiger partial charge in [0.25, 0.3) is 0 Å². The molecule has 5 nitrogen and oxygen atoms in total. The fourth-order valence-electron chi connectivity index (χ4n) is 3.76. The molecule has 0 atom stereocenters. The Kier molecular flexibility index (Phi) is 5.68. The van der Waals surface area contributed by atoms with Crippen molar-refractivity contribution in [3.63, 3.8) is 0 Å². The molecule has 1 N–H and O–H groups in total. The smallest absolute Gasteiger partial charge is 0.227 e. The third kappa shape index (κ3) is 4.59. The van der Waals surface area contributed by atoms with Crippen molar-refractivity contribution < 1.29 is 9.59 Å². The molecule has 0 spiro atoms. The van der Waals surface area contributed by atoms with E-state index in [1.54, 1.807) is 0 Å². The monoisotopic (exact) mass is 367 g/mol. The van der Waals surface area contributed by atoms with Crippen molar-refractivity contribution in [3.05, 3.63) is 57.9 Å². The number of rotatable bonds is 4. The number of nitrogens with zero attached hydrogens (tertiary/aromatic N) is 2. The molecule has 0 aliphatic carbocycles. The van der Waals surface area contributed by atoms with E-state index in [2.05, 4.69) is 31.0 Å². The Balaban J connectivity index is 1.52. The van der Waals surface area contributed by atoms with Crippen LogP contribution in [-0.2, 0) is 22.4 Å². The van der Waals surface area contributed by atoms with Gasteiger partial charge in [0, 0.05) is 37.6 Å². The number of benzene rings is 1. The maximum Gasteiger partial charge on any atom is 0.227 e. The highest BCUT2D eigenvalue weighted by Gasteiger charge is 2.24. The summed E-state index contributed by atoms with van der Waals surface area (Å²) in [5.74, 6) is 0.282. The molecule has 5 heteroatoms. The van der Waals surface area contributed by atoms with Crippen molar-refractivity contribution in [2.75, 3.05) is 26.2 Å². The van der Waals surface area contributed by atoms with E-state index >= 15 is 0 Å². The minimum absolute atomic E-state index is 0.138. The maximum atomic E-state index is 12.6. The SMILES string of the molecule is Cc1ccc(CC(=O)N2CCN(C(=O)Cc3cc(C)[nH]c3C)CC2)c(C)c1. The summed E-state index contributed by atoms with van der Waals surface area (Å²) in [6, 6.07) is 8.25. The normalized spacial score (nSPS) is 14.5. The van der Waals surface area contributed by atoms with Crippen LogP contribution in [0.25, 0.3) is 0 Å². The van der Waals surface area contributed by atoms with Gasteiger partial charge in [0.2, 0.25) is 11.8 Å². The van der Waals surface area contributed by atoms with Crippen LogP contribution in [0.3, 0.4) is 0 Å². The molecule has 1 aliphatic rings. The van der Waals surface area contributed by atoms with Gasteiger partial charge in [0.1, 0.15) is 0 Å². The number of H-pyrrole nitrogens is 1. The van der Waals surface area contributed by atoms with Gasteiger partial charge in [-0.2, -0.15) is 0 Å². The zero-order chi connectivity index (χ0) is 19.6. The lowest BCUT2D eigenvalue weighted by molar-refractivity contribution is -0.138. The van der Waals surface area contributed by atoms with Gasteiger partial charge in [0.05, 0.1) is 12.8 Å². The Bertz CT molecular complexity index is 845. The molecule has 2 heterocycles. The number of aryl methyl sites for hydroxylation is 4. The summed E-state index contributed by atoms with van der Waals surface area (Å²) in [4.78, 5) is 32.2. The first-order chi connectivity index (χ1) is 12.8. The van der Waals surface area contributed by atoms with Gasteiger partial charge in [-0.3, -0.25) is 9.59 Å². The van der Waals surface area contributed by atoms with E-state index in [0.29, 0.717) is 39.0 Å². The number of nitrogens with one attached hydrogen (secondary N) is 1. The van der Waals surface area contributed by atoms with E-state index < -0.39 is 0 Å². The highest BCUT2D eigenvalue weighted by atomic mass is 16.2. The minimum Gasteiger partial charge on any atom is -0.362 e. The number of piperazine rings is 1. The van der Waals surface area contributed by atoms with Crippen molar-refractivity contribution in [1.29, 1.82) is 0 Å². The molecule has 144 valence electrons. The summed E-state index contributed by atoms with van der Waals surface area (Å²) in [6.07, 6.45) is 0.856. The van der Waals surface area contributed by atoms with Gasteiger partial charge in [-0.25, -0.2) is 0 Å². The van der Waals surface area contributed by atoms with E-state index in [1.165, 1.54) is 5.56 Å². The molecule has 2 aromatic rings. The average molecular weight is 367 g/mol. The Morgan fingerprint density at radius 3 is 1.89 bits per heavy atom. The largest absolute Gasteiger partial charge is 0.362 e. The van der Waals surface area contributed by atoms with Crippen molar-refractivity contribution in [2.24, 2.45) is 0 Å². The second kappa shape index (κ2) is 7.99. The molecule has 2 amide bonds. The molecule has 0 bridgehead atoms.